The molecule has 0 aromatic carbocycles. The van der Waals surface area contributed by atoms with Crippen molar-refractivity contribution >= 4 is 5.97 Å². The van der Waals surface area contributed by atoms with Crippen LogP contribution in [-0.2, 0) is 4.79 Å². The summed E-state index contributed by atoms with van der Waals surface area (Å²) < 4.78 is 0. The summed E-state index contributed by atoms with van der Waals surface area (Å²) in [5.41, 5.74) is 0.523. The lowest BCUT2D eigenvalue weighted by atomic mass is 9.43. The third kappa shape index (κ3) is 3.14. The van der Waals surface area contributed by atoms with Gasteiger partial charge in [-0.1, -0.05) is 20.8 Å². The van der Waals surface area contributed by atoms with E-state index in [0.29, 0.717) is 35.5 Å². The van der Waals surface area contributed by atoms with Crippen LogP contribution >= 0.6 is 0 Å². The van der Waals surface area contributed by atoms with Crippen LogP contribution in [0.1, 0.15) is 85.0 Å². The Bertz CT molecular complexity index is 605. The first-order valence-electron chi connectivity index (χ1n) is 11.7. The first-order chi connectivity index (χ1) is 13.2. The molecule has 4 saturated carbocycles. The number of carboxylic acid groups (broad SMARTS) is 1. The summed E-state index contributed by atoms with van der Waals surface area (Å²) >= 11 is 0. The fourth-order valence-electron chi connectivity index (χ4n) is 8.73. The van der Waals surface area contributed by atoms with E-state index in [1.165, 1.54) is 25.7 Å². The lowest BCUT2D eigenvalue weighted by Gasteiger charge is -2.62. The topological polar surface area (TPSA) is 77.8 Å². The Hall–Kier alpha value is -0.610. The standard InChI is InChI=1S/C24H40O4/c1-14(4-7-21(27)28)17-5-6-18-22-19(9-11-24(17,18)3)23(2)10-8-16(25)12-15(23)13-20(22)26/h14-20,22,25-26H,4-13H2,1-3H3,(H,27,28)/t14-,15+,16+,17+,18-,19+,20-,22+,23+,24-/m1/s1. The number of hydrogen-bond acceptors (Lipinski definition) is 3. The highest BCUT2D eigenvalue weighted by Crippen LogP contribution is 2.68. The largest absolute Gasteiger partial charge is 0.481 e. The monoisotopic (exact) mass is 392 g/mol. The van der Waals surface area contributed by atoms with Crippen LogP contribution in [0.5, 0.6) is 0 Å². The summed E-state index contributed by atoms with van der Waals surface area (Å²) in [5, 5.41) is 30.5. The summed E-state index contributed by atoms with van der Waals surface area (Å²) in [7, 11) is 0. The zero-order valence-corrected chi connectivity index (χ0v) is 17.9. The van der Waals surface area contributed by atoms with Crippen LogP contribution in [-0.4, -0.2) is 33.5 Å². The van der Waals surface area contributed by atoms with Crippen LogP contribution in [0, 0.1) is 46.3 Å². The molecule has 4 nitrogen and oxygen atoms in total. The van der Waals surface area contributed by atoms with Gasteiger partial charge in [0.15, 0.2) is 0 Å². The number of hydrogen-bond donors (Lipinski definition) is 3. The first kappa shape index (κ1) is 20.7. The molecular weight excluding hydrogens is 352 g/mol. The van der Waals surface area contributed by atoms with Crippen LogP contribution in [0.3, 0.4) is 0 Å². The second-order valence-electron chi connectivity index (χ2n) is 11.4. The van der Waals surface area contributed by atoms with Gasteiger partial charge in [-0.3, -0.25) is 4.79 Å². The first-order valence-corrected chi connectivity index (χ1v) is 11.7. The summed E-state index contributed by atoms with van der Waals surface area (Å²) in [6.45, 7) is 7.16. The molecule has 4 aliphatic carbocycles. The number of aliphatic hydroxyl groups excluding tert-OH is 2. The average molecular weight is 393 g/mol. The Morgan fingerprint density at radius 3 is 2.39 bits per heavy atom. The van der Waals surface area contributed by atoms with Crippen molar-refractivity contribution in [3.8, 4) is 0 Å². The van der Waals surface area contributed by atoms with E-state index < -0.39 is 5.97 Å². The zero-order valence-electron chi connectivity index (χ0n) is 17.9. The molecule has 4 heteroatoms. The number of carboxylic acids is 1. The molecule has 3 N–H and O–H groups in total. The molecule has 0 unspecified atom stereocenters. The smallest absolute Gasteiger partial charge is 0.303 e. The van der Waals surface area contributed by atoms with Crippen molar-refractivity contribution < 1.29 is 20.1 Å². The van der Waals surface area contributed by atoms with Crippen molar-refractivity contribution in [2.75, 3.05) is 0 Å². The summed E-state index contributed by atoms with van der Waals surface area (Å²) in [5.74, 6) is 2.36. The van der Waals surface area contributed by atoms with E-state index in [2.05, 4.69) is 20.8 Å². The third-order valence-electron chi connectivity index (χ3n) is 10.2. The quantitative estimate of drug-likeness (QED) is 0.659. The fraction of sp³-hybridized carbons (Fsp3) is 0.958. The van der Waals surface area contributed by atoms with Crippen LogP contribution in [0.2, 0.25) is 0 Å². The molecule has 0 bridgehead atoms. The SMILES string of the molecule is C[C@H](CCC(=O)O)[C@@H]1CC[C@@H]2[C@@H]3[C@H](O)C[C@@H]4C[C@@H](O)CC[C@]4(C)[C@H]3CC[C@@]21C. The minimum atomic E-state index is -0.684. The lowest BCUT2D eigenvalue weighted by Crippen LogP contribution is -2.58. The molecule has 28 heavy (non-hydrogen) atoms. The second-order valence-corrected chi connectivity index (χ2v) is 11.4. The molecule has 4 aliphatic rings. The van der Waals surface area contributed by atoms with E-state index in [4.69, 9.17) is 5.11 Å². The fourth-order valence-corrected chi connectivity index (χ4v) is 8.73. The Morgan fingerprint density at radius 1 is 1.00 bits per heavy atom. The van der Waals surface area contributed by atoms with Gasteiger partial charge in [0, 0.05) is 6.42 Å². The van der Waals surface area contributed by atoms with Gasteiger partial charge >= 0.3 is 5.97 Å². The van der Waals surface area contributed by atoms with Crippen LogP contribution in [0.4, 0.5) is 0 Å². The van der Waals surface area contributed by atoms with Crippen molar-refractivity contribution in [3.63, 3.8) is 0 Å². The van der Waals surface area contributed by atoms with Gasteiger partial charge < -0.3 is 15.3 Å². The van der Waals surface area contributed by atoms with Crippen molar-refractivity contribution in [2.24, 2.45) is 46.3 Å². The Morgan fingerprint density at radius 2 is 1.68 bits per heavy atom. The van der Waals surface area contributed by atoms with Gasteiger partial charge in [-0.05, 0) is 104 Å². The second kappa shape index (κ2) is 7.27. The number of aliphatic hydroxyl groups is 2. The average Bonchev–Trinajstić information content (AvgIpc) is 2.98. The third-order valence-corrected chi connectivity index (χ3v) is 10.2. The molecule has 4 rings (SSSR count). The van der Waals surface area contributed by atoms with Crippen LogP contribution in [0.25, 0.3) is 0 Å². The van der Waals surface area contributed by atoms with E-state index in [9.17, 15) is 15.0 Å². The number of fused-ring (bicyclic) bond motifs is 5. The molecule has 10 atom stereocenters. The summed E-state index contributed by atoms with van der Waals surface area (Å²) in [6.07, 6.45) is 9.19. The molecule has 0 heterocycles. The van der Waals surface area contributed by atoms with Gasteiger partial charge in [-0.25, -0.2) is 0 Å². The maximum Gasteiger partial charge on any atom is 0.303 e. The van der Waals surface area contributed by atoms with Crippen LogP contribution < -0.4 is 0 Å². The molecule has 0 aliphatic heterocycles. The predicted octanol–water partition coefficient (Wildman–Crippen LogP) is 4.48. The number of carbonyl (C=O) groups is 1. The molecule has 0 aromatic rings. The maximum absolute atomic E-state index is 11.2. The highest BCUT2D eigenvalue weighted by molar-refractivity contribution is 5.66. The van der Waals surface area contributed by atoms with E-state index >= 15 is 0 Å². The minimum absolute atomic E-state index is 0.179. The highest BCUT2D eigenvalue weighted by atomic mass is 16.4. The van der Waals surface area contributed by atoms with Crippen molar-refractivity contribution in [2.45, 2.75) is 97.2 Å². The normalized spacial score (nSPS) is 51.7. The Kier molecular flexibility index (Phi) is 5.36. The summed E-state index contributed by atoms with van der Waals surface area (Å²) in [6, 6.07) is 0. The van der Waals surface area contributed by atoms with Gasteiger partial charge in [0.2, 0.25) is 0 Å². The van der Waals surface area contributed by atoms with E-state index in [-0.39, 0.29) is 29.5 Å². The lowest BCUT2D eigenvalue weighted by molar-refractivity contribution is -0.174. The van der Waals surface area contributed by atoms with E-state index in [1.807, 2.05) is 0 Å². The molecular formula is C24H40O4. The highest BCUT2D eigenvalue weighted by Gasteiger charge is 2.62. The predicted molar refractivity (Wildman–Crippen MR) is 109 cm³/mol. The van der Waals surface area contributed by atoms with Crippen molar-refractivity contribution in [1.82, 2.24) is 0 Å². The summed E-state index contributed by atoms with van der Waals surface area (Å²) in [4.78, 5) is 11.1. The molecule has 0 radical (unpaired) electrons. The van der Waals surface area contributed by atoms with Gasteiger partial charge in [-0.2, -0.15) is 0 Å². The Labute approximate surface area is 170 Å². The molecule has 0 amide bonds. The number of aliphatic carboxylic acids is 1. The Balaban J connectivity index is 1.55. The zero-order chi connectivity index (χ0) is 20.3. The van der Waals surface area contributed by atoms with Gasteiger partial charge in [0.1, 0.15) is 0 Å². The van der Waals surface area contributed by atoms with E-state index in [1.54, 1.807) is 0 Å². The maximum atomic E-state index is 11.2. The molecule has 4 fully saturated rings. The van der Waals surface area contributed by atoms with Crippen LogP contribution in [0.15, 0.2) is 0 Å². The molecule has 0 spiro atoms. The molecule has 160 valence electrons. The minimum Gasteiger partial charge on any atom is -0.481 e. The van der Waals surface area contributed by atoms with Gasteiger partial charge in [0.05, 0.1) is 12.2 Å². The molecule has 0 saturated heterocycles. The van der Waals surface area contributed by atoms with Gasteiger partial charge in [-0.15, -0.1) is 0 Å². The molecule has 0 aromatic heterocycles. The van der Waals surface area contributed by atoms with Crippen molar-refractivity contribution in [3.05, 3.63) is 0 Å². The van der Waals surface area contributed by atoms with E-state index in [0.717, 1.165) is 32.1 Å². The van der Waals surface area contributed by atoms with Crippen molar-refractivity contribution in [1.29, 1.82) is 0 Å². The number of rotatable bonds is 4. The van der Waals surface area contributed by atoms with Gasteiger partial charge in [0.25, 0.3) is 0 Å².